The molecule has 0 aliphatic carbocycles. The zero-order chi connectivity index (χ0) is 17.0. The van der Waals surface area contributed by atoms with Gasteiger partial charge in [-0.05, 0) is 25.0 Å². The summed E-state index contributed by atoms with van der Waals surface area (Å²) in [6.45, 7) is 0.737. The van der Waals surface area contributed by atoms with E-state index in [0.29, 0.717) is 4.90 Å². The largest absolute Gasteiger partial charge is 0.406 e. The number of amides is 3. The molecule has 3 amide bonds. The number of carbonyl (C=O) groups is 2. The summed E-state index contributed by atoms with van der Waals surface area (Å²) >= 11 is 0. The minimum absolute atomic E-state index is 0.0226. The fraction of sp³-hybridized carbons (Fsp3) is 0.500. The molecule has 0 saturated carbocycles. The van der Waals surface area contributed by atoms with E-state index >= 15 is 0 Å². The van der Waals surface area contributed by atoms with Crippen LogP contribution in [0.4, 0.5) is 18.0 Å². The number of nitrogens with one attached hydrogen (secondary N) is 2. The minimum atomic E-state index is -4.44. The molecule has 6 nitrogen and oxygen atoms in total. The Balaban J connectivity index is 1.79. The number of nitrogens with zero attached hydrogens (tertiary/aromatic N) is 2. The summed E-state index contributed by atoms with van der Waals surface area (Å²) in [5.74, 6) is -0.713. The van der Waals surface area contributed by atoms with Gasteiger partial charge in [-0.2, -0.15) is 13.2 Å². The van der Waals surface area contributed by atoms with E-state index in [1.54, 1.807) is 18.3 Å². The van der Waals surface area contributed by atoms with E-state index in [9.17, 15) is 22.8 Å². The molecule has 9 heteroatoms. The number of aryl methyl sites for hydroxylation is 1. The summed E-state index contributed by atoms with van der Waals surface area (Å²) < 4.78 is 36.9. The molecular weight excluding hydrogens is 313 g/mol. The third-order valence-corrected chi connectivity index (χ3v) is 3.40. The molecule has 1 atom stereocenters. The maximum Gasteiger partial charge on any atom is 0.406 e. The zero-order valence-corrected chi connectivity index (χ0v) is 12.5. The van der Waals surface area contributed by atoms with Gasteiger partial charge < -0.3 is 15.5 Å². The van der Waals surface area contributed by atoms with Crippen LogP contribution in [-0.4, -0.2) is 47.1 Å². The molecule has 0 unspecified atom stereocenters. The molecule has 1 aromatic heterocycles. The van der Waals surface area contributed by atoms with Gasteiger partial charge in [-0.25, -0.2) is 4.79 Å². The number of hydrogen-bond acceptors (Lipinski definition) is 3. The van der Waals surface area contributed by atoms with Gasteiger partial charge in [0.25, 0.3) is 0 Å². The highest BCUT2D eigenvalue weighted by Gasteiger charge is 2.39. The third-order valence-electron chi connectivity index (χ3n) is 3.40. The van der Waals surface area contributed by atoms with Crippen molar-refractivity contribution in [2.24, 2.45) is 0 Å². The highest BCUT2D eigenvalue weighted by molar-refractivity contribution is 5.88. The van der Waals surface area contributed by atoms with Crippen molar-refractivity contribution in [2.75, 3.05) is 13.1 Å². The summed E-state index contributed by atoms with van der Waals surface area (Å²) in [6, 6.07) is 2.07. The van der Waals surface area contributed by atoms with Crippen LogP contribution in [0.15, 0.2) is 18.3 Å². The predicted octanol–water partition coefficient (Wildman–Crippen LogP) is 1.35. The number of hydrogen-bond donors (Lipinski definition) is 2. The van der Waals surface area contributed by atoms with Crippen molar-refractivity contribution in [1.82, 2.24) is 20.5 Å². The smallest absolute Gasteiger partial charge is 0.334 e. The van der Waals surface area contributed by atoms with Gasteiger partial charge in [0.15, 0.2) is 0 Å². The number of pyridine rings is 1. The van der Waals surface area contributed by atoms with Gasteiger partial charge in [0.05, 0.1) is 0 Å². The molecule has 0 bridgehead atoms. The van der Waals surface area contributed by atoms with Crippen molar-refractivity contribution in [3.05, 3.63) is 29.6 Å². The Morgan fingerprint density at radius 1 is 1.43 bits per heavy atom. The van der Waals surface area contributed by atoms with Crippen molar-refractivity contribution in [1.29, 1.82) is 0 Å². The topological polar surface area (TPSA) is 74.3 Å². The molecule has 2 heterocycles. The lowest BCUT2D eigenvalue weighted by molar-refractivity contribution is -0.157. The first-order valence-corrected chi connectivity index (χ1v) is 7.06. The van der Waals surface area contributed by atoms with Crippen molar-refractivity contribution in [2.45, 2.75) is 32.1 Å². The van der Waals surface area contributed by atoms with Crippen LogP contribution in [0.2, 0.25) is 0 Å². The van der Waals surface area contributed by atoms with Gasteiger partial charge in [-0.3, -0.25) is 9.78 Å². The highest BCUT2D eigenvalue weighted by atomic mass is 19.4. The van der Waals surface area contributed by atoms with Crippen LogP contribution in [0, 0.1) is 6.92 Å². The molecule has 1 aromatic rings. The van der Waals surface area contributed by atoms with E-state index in [-0.39, 0.29) is 19.5 Å². The van der Waals surface area contributed by atoms with Gasteiger partial charge >= 0.3 is 12.2 Å². The van der Waals surface area contributed by atoms with Crippen LogP contribution in [-0.2, 0) is 11.3 Å². The summed E-state index contributed by atoms with van der Waals surface area (Å²) in [5, 5.41) is 4.94. The molecule has 1 aliphatic rings. The van der Waals surface area contributed by atoms with Crippen LogP contribution in [0.3, 0.4) is 0 Å². The van der Waals surface area contributed by atoms with E-state index in [1.165, 1.54) is 0 Å². The Labute approximate surface area is 131 Å². The average molecular weight is 330 g/mol. The first-order valence-electron chi connectivity index (χ1n) is 7.06. The summed E-state index contributed by atoms with van der Waals surface area (Å²) in [4.78, 5) is 28.3. The number of alkyl halides is 3. The van der Waals surface area contributed by atoms with Crippen LogP contribution < -0.4 is 10.6 Å². The zero-order valence-electron chi connectivity index (χ0n) is 12.5. The molecule has 2 rings (SSSR count). The molecule has 0 spiro atoms. The first kappa shape index (κ1) is 17.0. The minimum Gasteiger partial charge on any atom is -0.334 e. The van der Waals surface area contributed by atoms with E-state index in [0.717, 1.165) is 11.3 Å². The lowest BCUT2D eigenvalue weighted by Gasteiger charge is -2.18. The van der Waals surface area contributed by atoms with E-state index < -0.39 is 30.7 Å². The summed E-state index contributed by atoms with van der Waals surface area (Å²) in [6.07, 6.45) is -2.67. The molecule has 126 valence electrons. The van der Waals surface area contributed by atoms with Gasteiger partial charge in [0, 0.05) is 25.0 Å². The summed E-state index contributed by atoms with van der Waals surface area (Å²) in [7, 11) is 0. The van der Waals surface area contributed by atoms with Gasteiger partial charge in [0.2, 0.25) is 5.91 Å². The van der Waals surface area contributed by atoms with E-state index in [2.05, 4.69) is 15.6 Å². The fourth-order valence-electron chi connectivity index (χ4n) is 2.24. The standard InChI is InChI=1S/C14H17F3N4O2/c1-9-2-3-10(6-18-9)7-19-13(23)20-11-4-5-21(12(11)22)8-14(15,16)17/h2-3,6,11H,4-5,7-8H2,1H3,(H2,19,20,23)/t11-/m0/s1. The maximum atomic E-state index is 12.3. The first-order chi connectivity index (χ1) is 10.7. The third kappa shape index (κ3) is 5.11. The molecule has 23 heavy (non-hydrogen) atoms. The van der Waals surface area contributed by atoms with Gasteiger partial charge in [0.1, 0.15) is 12.6 Å². The number of carbonyl (C=O) groups excluding carboxylic acids is 2. The lowest BCUT2D eigenvalue weighted by Crippen LogP contribution is -2.47. The van der Waals surface area contributed by atoms with Crippen LogP contribution in [0.1, 0.15) is 17.7 Å². The number of urea groups is 1. The molecule has 1 fully saturated rings. The molecular formula is C14H17F3N4O2. The summed E-state index contributed by atoms with van der Waals surface area (Å²) in [5.41, 5.74) is 1.63. The predicted molar refractivity (Wildman–Crippen MR) is 75.4 cm³/mol. The van der Waals surface area contributed by atoms with Gasteiger partial charge in [-0.1, -0.05) is 6.07 Å². The van der Waals surface area contributed by atoms with Crippen molar-refractivity contribution < 1.29 is 22.8 Å². The Hall–Kier alpha value is -2.32. The normalized spacial score (nSPS) is 18.2. The van der Waals surface area contributed by atoms with Crippen molar-refractivity contribution in [3.63, 3.8) is 0 Å². The van der Waals surface area contributed by atoms with Gasteiger partial charge in [-0.15, -0.1) is 0 Å². The molecule has 0 radical (unpaired) electrons. The fourth-order valence-corrected chi connectivity index (χ4v) is 2.24. The molecule has 1 aliphatic heterocycles. The number of halogens is 3. The van der Waals surface area contributed by atoms with Crippen LogP contribution in [0.5, 0.6) is 0 Å². The maximum absolute atomic E-state index is 12.3. The Bertz CT molecular complexity index is 574. The van der Waals surface area contributed by atoms with E-state index in [4.69, 9.17) is 0 Å². The Morgan fingerprint density at radius 2 is 2.17 bits per heavy atom. The van der Waals surface area contributed by atoms with Crippen molar-refractivity contribution >= 4 is 11.9 Å². The van der Waals surface area contributed by atoms with Crippen molar-refractivity contribution in [3.8, 4) is 0 Å². The molecule has 2 N–H and O–H groups in total. The second-order valence-electron chi connectivity index (χ2n) is 5.35. The monoisotopic (exact) mass is 330 g/mol. The number of rotatable bonds is 4. The lowest BCUT2D eigenvalue weighted by atomic mass is 10.2. The van der Waals surface area contributed by atoms with Crippen LogP contribution in [0.25, 0.3) is 0 Å². The number of likely N-dealkylation sites (tertiary alicyclic amines) is 1. The highest BCUT2D eigenvalue weighted by Crippen LogP contribution is 2.20. The Morgan fingerprint density at radius 3 is 2.78 bits per heavy atom. The van der Waals surface area contributed by atoms with Crippen LogP contribution >= 0.6 is 0 Å². The second kappa shape index (κ2) is 6.84. The average Bonchev–Trinajstić information content (AvgIpc) is 2.78. The Kier molecular flexibility index (Phi) is 5.07. The molecule has 1 saturated heterocycles. The van der Waals surface area contributed by atoms with E-state index in [1.807, 2.05) is 6.92 Å². The quantitative estimate of drug-likeness (QED) is 0.875. The second-order valence-corrected chi connectivity index (χ2v) is 5.35. The SMILES string of the molecule is Cc1ccc(CNC(=O)N[C@H]2CCN(CC(F)(F)F)C2=O)cn1. The molecule has 0 aromatic carbocycles. The number of aromatic nitrogens is 1.